The number of amides is 1. The van der Waals surface area contributed by atoms with Crippen LogP contribution in [0.15, 0.2) is 24.3 Å². The molecular weight excluding hydrogens is 252 g/mol. The van der Waals surface area contributed by atoms with Crippen molar-refractivity contribution >= 4 is 5.91 Å². The van der Waals surface area contributed by atoms with Gasteiger partial charge in [-0.1, -0.05) is 31.4 Å². The van der Waals surface area contributed by atoms with Crippen LogP contribution < -0.4 is 15.8 Å². The largest absolute Gasteiger partial charge is 0.484 e. The van der Waals surface area contributed by atoms with Gasteiger partial charge in [-0.2, -0.15) is 0 Å². The molecule has 1 saturated carbocycles. The molecule has 4 nitrogen and oxygen atoms in total. The van der Waals surface area contributed by atoms with Crippen LogP contribution >= 0.6 is 0 Å². The summed E-state index contributed by atoms with van der Waals surface area (Å²) in [5.74, 6) is 1.31. The Morgan fingerprint density at radius 2 is 1.90 bits per heavy atom. The van der Waals surface area contributed by atoms with Gasteiger partial charge in [-0.05, 0) is 36.5 Å². The summed E-state index contributed by atoms with van der Waals surface area (Å²) in [6.07, 6.45) is 6.41. The van der Waals surface area contributed by atoms with Gasteiger partial charge in [0.2, 0.25) is 0 Å². The predicted molar refractivity (Wildman–Crippen MR) is 79.4 cm³/mol. The molecule has 1 fully saturated rings. The van der Waals surface area contributed by atoms with Crippen LogP contribution in [0.2, 0.25) is 0 Å². The Balaban J connectivity index is 1.66. The van der Waals surface area contributed by atoms with Gasteiger partial charge in [0, 0.05) is 13.1 Å². The number of hydrogen-bond donors (Lipinski definition) is 2. The number of carbonyl (C=O) groups is 1. The van der Waals surface area contributed by atoms with Crippen LogP contribution in [0.25, 0.3) is 0 Å². The molecule has 4 heteroatoms. The summed E-state index contributed by atoms with van der Waals surface area (Å²) in [6, 6.07) is 7.51. The molecule has 0 atom stereocenters. The Morgan fingerprint density at radius 1 is 1.20 bits per heavy atom. The summed E-state index contributed by atoms with van der Waals surface area (Å²) in [5, 5.41) is 2.96. The molecule has 3 N–H and O–H groups in total. The van der Waals surface area contributed by atoms with E-state index >= 15 is 0 Å². The zero-order chi connectivity index (χ0) is 14.2. The predicted octanol–water partition coefficient (Wildman–Crippen LogP) is 2.22. The van der Waals surface area contributed by atoms with Gasteiger partial charge in [0.25, 0.3) is 5.91 Å². The van der Waals surface area contributed by atoms with Crippen molar-refractivity contribution in [3.8, 4) is 5.75 Å². The van der Waals surface area contributed by atoms with Crippen LogP contribution in [-0.2, 0) is 11.3 Å². The number of nitrogens with two attached hydrogens (primary N) is 1. The lowest BCUT2D eigenvalue weighted by atomic mass is 9.89. The van der Waals surface area contributed by atoms with E-state index in [-0.39, 0.29) is 12.5 Å². The minimum absolute atomic E-state index is 0.0431. The highest BCUT2D eigenvalue weighted by Gasteiger charge is 2.14. The Labute approximate surface area is 120 Å². The van der Waals surface area contributed by atoms with Gasteiger partial charge >= 0.3 is 0 Å². The molecule has 0 radical (unpaired) electrons. The van der Waals surface area contributed by atoms with Gasteiger partial charge in [0.15, 0.2) is 6.61 Å². The fourth-order valence-corrected chi connectivity index (χ4v) is 2.57. The van der Waals surface area contributed by atoms with E-state index in [1.807, 2.05) is 24.3 Å². The van der Waals surface area contributed by atoms with E-state index in [1.165, 1.54) is 32.1 Å². The lowest BCUT2D eigenvalue weighted by molar-refractivity contribution is -0.123. The lowest BCUT2D eigenvalue weighted by Gasteiger charge is -2.21. The van der Waals surface area contributed by atoms with E-state index in [9.17, 15) is 4.79 Å². The van der Waals surface area contributed by atoms with Crippen LogP contribution in [-0.4, -0.2) is 19.1 Å². The number of rotatable bonds is 6. The highest BCUT2D eigenvalue weighted by atomic mass is 16.5. The molecule has 0 bridgehead atoms. The standard InChI is InChI=1S/C16H24N2O2/c17-10-13-6-8-15(9-7-13)20-12-16(19)18-11-14-4-2-1-3-5-14/h6-9,14H,1-5,10-12,17H2,(H,18,19). The van der Waals surface area contributed by atoms with Crippen molar-refractivity contribution in [2.75, 3.05) is 13.2 Å². The fourth-order valence-electron chi connectivity index (χ4n) is 2.57. The normalized spacial score (nSPS) is 15.8. The highest BCUT2D eigenvalue weighted by molar-refractivity contribution is 5.77. The minimum atomic E-state index is -0.0431. The van der Waals surface area contributed by atoms with Crippen LogP contribution in [0.1, 0.15) is 37.7 Å². The number of benzene rings is 1. The average Bonchev–Trinajstić information content (AvgIpc) is 2.52. The quantitative estimate of drug-likeness (QED) is 0.837. The van der Waals surface area contributed by atoms with Gasteiger partial charge in [0.1, 0.15) is 5.75 Å². The monoisotopic (exact) mass is 276 g/mol. The Hall–Kier alpha value is -1.55. The maximum absolute atomic E-state index is 11.7. The van der Waals surface area contributed by atoms with E-state index in [2.05, 4.69) is 5.32 Å². The van der Waals surface area contributed by atoms with Crippen molar-refractivity contribution in [1.82, 2.24) is 5.32 Å². The van der Waals surface area contributed by atoms with Crippen molar-refractivity contribution in [3.05, 3.63) is 29.8 Å². The fraction of sp³-hybridized carbons (Fsp3) is 0.562. The molecule has 1 aliphatic carbocycles. The SMILES string of the molecule is NCc1ccc(OCC(=O)NCC2CCCCC2)cc1. The second-order valence-electron chi connectivity index (χ2n) is 5.44. The van der Waals surface area contributed by atoms with Gasteiger partial charge in [-0.3, -0.25) is 4.79 Å². The van der Waals surface area contributed by atoms with Crippen LogP contribution in [0.3, 0.4) is 0 Å². The van der Waals surface area contributed by atoms with E-state index in [4.69, 9.17) is 10.5 Å². The first-order valence-corrected chi connectivity index (χ1v) is 7.46. The van der Waals surface area contributed by atoms with Crippen LogP contribution in [0.5, 0.6) is 5.75 Å². The molecule has 1 aliphatic rings. The molecule has 0 aliphatic heterocycles. The zero-order valence-corrected chi connectivity index (χ0v) is 11.9. The summed E-state index contributed by atoms with van der Waals surface area (Å²) < 4.78 is 5.45. The summed E-state index contributed by atoms with van der Waals surface area (Å²) in [4.78, 5) is 11.7. The smallest absolute Gasteiger partial charge is 0.257 e. The summed E-state index contributed by atoms with van der Waals surface area (Å²) in [7, 11) is 0. The summed E-state index contributed by atoms with van der Waals surface area (Å²) in [6.45, 7) is 1.38. The van der Waals surface area contributed by atoms with Gasteiger partial charge in [0.05, 0.1) is 0 Å². The topological polar surface area (TPSA) is 64.3 Å². The molecule has 20 heavy (non-hydrogen) atoms. The Kier molecular flexibility index (Phi) is 5.87. The minimum Gasteiger partial charge on any atom is -0.484 e. The van der Waals surface area contributed by atoms with Crippen molar-refractivity contribution in [2.45, 2.75) is 38.6 Å². The molecule has 2 rings (SSSR count). The van der Waals surface area contributed by atoms with Gasteiger partial charge in [-0.15, -0.1) is 0 Å². The summed E-state index contributed by atoms with van der Waals surface area (Å²) in [5.41, 5.74) is 6.58. The first-order valence-electron chi connectivity index (χ1n) is 7.46. The number of hydrogen-bond acceptors (Lipinski definition) is 3. The van der Waals surface area contributed by atoms with Gasteiger partial charge in [-0.25, -0.2) is 0 Å². The molecule has 0 spiro atoms. The van der Waals surface area contributed by atoms with E-state index in [0.717, 1.165) is 12.1 Å². The molecule has 0 saturated heterocycles. The maximum atomic E-state index is 11.7. The third-order valence-corrected chi connectivity index (χ3v) is 3.84. The Bertz CT molecular complexity index is 411. The molecule has 110 valence electrons. The van der Waals surface area contributed by atoms with Crippen LogP contribution in [0, 0.1) is 5.92 Å². The van der Waals surface area contributed by atoms with E-state index in [0.29, 0.717) is 18.2 Å². The zero-order valence-electron chi connectivity index (χ0n) is 11.9. The van der Waals surface area contributed by atoms with Crippen molar-refractivity contribution in [2.24, 2.45) is 11.7 Å². The molecule has 0 aromatic heterocycles. The molecule has 0 unspecified atom stereocenters. The van der Waals surface area contributed by atoms with E-state index < -0.39 is 0 Å². The first-order chi connectivity index (χ1) is 9.78. The van der Waals surface area contributed by atoms with Crippen molar-refractivity contribution in [3.63, 3.8) is 0 Å². The van der Waals surface area contributed by atoms with Crippen molar-refractivity contribution in [1.29, 1.82) is 0 Å². The molecule has 1 aromatic carbocycles. The number of carbonyl (C=O) groups excluding carboxylic acids is 1. The second kappa shape index (κ2) is 7.90. The second-order valence-corrected chi connectivity index (χ2v) is 5.44. The third kappa shape index (κ3) is 4.85. The Morgan fingerprint density at radius 3 is 2.55 bits per heavy atom. The number of nitrogens with one attached hydrogen (secondary N) is 1. The molecule has 0 heterocycles. The average molecular weight is 276 g/mol. The van der Waals surface area contributed by atoms with Crippen LogP contribution in [0.4, 0.5) is 0 Å². The first kappa shape index (κ1) is 14.9. The maximum Gasteiger partial charge on any atom is 0.257 e. The van der Waals surface area contributed by atoms with E-state index in [1.54, 1.807) is 0 Å². The summed E-state index contributed by atoms with van der Waals surface area (Å²) >= 11 is 0. The molecule has 1 aromatic rings. The van der Waals surface area contributed by atoms with Crippen molar-refractivity contribution < 1.29 is 9.53 Å². The molecule has 1 amide bonds. The lowest BCUT2D eigenvalue weighted by Crippen LogP contribution is -2.33. The number of ether oxygens (including phenoxy) is 1. The third-order valence-electron chi connectivity index (χ3n) is 3.84. The van der Waals surface area contributed by atoms with Gasteiger partial charge < -0.3 is 15.8 Å². The highest BCUT2D eigenvalue weighted by Crippen LogP contribution is 2.22. The molecular formula is C16H24N2O2.